The van der Waals surface area contributed by atoms with Crippen molar-refractivity contribution in [2.75, 3.05) is 6.61 Å². The summed E-state index contributed by atoms with van der Waals surface area (Å²) in [6.07, 6.45) is 0.541. The number of hydrogen-bond donors (Lipinski definition) is 1. The lowest BCUT2D eigenvalue weighted by Gasteiger charge is -2.09. The van der Waals surface area contributed by atoms with E-state index in [0.717, 1.165) is 16.5 Å². The predicted octanol–water partition coefficient (Wildman–Crippen LogP) is 2.46. The molecular weight excluding hydrogens is 212 g/mol. The first-order chi connectivity index (χ1) is 8.31. The second kappa shape index (κ2) is 5.33. The van der Waals surface area contributed by atoms with Crippen LogP contribution in [0.2, 0.25) is 0 Å². The molecule has 0 fully saturated rings. The molecule has 3 nitrogen and oxygen atoms in total. The second-order valence-electron chi connectivity index (χ2n) is 3.85. The summed E-state index contributed by atoms with van der Waals surface area (Å²) in [5, 5.41) is 10.8. The van der Waals surface area contributed by atoms with Crippen LogP contribution in [0.15, 0.2) is 42.5 Å². The van der Waals surface area contributed by atoms with E-state index in [0.29, 0.717) is 13.0 Å². The van der Waals surface area contributed by atoms with Crippen molar-refractivity contribution in [3.8, 4) is 11.8 Å². The van der Waals surface area contributed by atoms with Crippen LogP contribution >= 0.6 is 0 Å². The molecule has 1 atom stereocenters. The van der Waals surface area contributed by atoms with Gasteiger partial charge in [-0.3, -0.25) is 0 Å². The van der Waals surface area contributed by atoms with Crippen LogP contribution in [-0.4, -0.2) is 12.6 Å². The summed E-state index contributed by atoms with van der Waals surface area (Å²) in [4.78, 5) is 0. The Bertz CT molecular complexity index is 540. The Morgan fingerprint density at radius 2 is 1.94 bits per heavy atom. The first kappa shape index (κ1) is 11.4. The molecule has 0 amide bonds. The molecule has 2 aromatic rings. The highest BCUT2D eigenvalue weighted by Gasteiger charge is 2.03. The minimum atomic E-state index is -0.454. The van der Waals surface area contributed by atoms with E-state index in [-0.39, 0.29) is 0 Å². The maximum Gasteiger partial charge on any atom is 0.127 e. The Morgan fingerprint density at radius 1 is 1.18 bits per heavy atom. The van der Waals surface area contributed by atoms with Gasteiger partial charge in [0.2, 0.25) is 0 Å². The van der Waals surface area contributed by atoms with Crippen LogP contribution in [0.1, 0.15) is 6.42 Å². The summed E-state index contributed by atoms with van der Waals surface area (Å²) in [5.41, 5.74) is 5.51. The van der Waals surface area contributed by atoms with E-state index in [1.54, 1.807) is 0 Å². The van der Waals surface area contributed by atoms with Gasteiger partial charge in [-0.25, -0.2) is 0 Å². The van der Waals surface area contributed by atoms with Gasteiger partial charge in [0.25, 0.3) is 0 Å². The van der Waals surface area contributed by atoms with Gasteiger partial charge < -0.3 is 10.5 Å². The van der Waals surface area contributed by atoms with E-state index in [9.17, 15) is 0 Å². The SMILES string of the molecule is N#CC(N)CCOc1cccc2ccccc12. The fourth-order valence-corrected chi connectivity index (χ4v) is 1.68. The van der Waals surface area contributed by atoms with Crippen LogP contribution in [0, 0.1) is 11.3 Å². The molecule has 2 aromatic carbocycles. The third-order valence-corrected chi connectivity index (χ3v) is 2.60. The zero-order chi connectivity index (χ0) is 12.1. The molecule has 0 spiro atoms. The van der Waals surface area contributed by atoms with Crippen molar-refractivity contribution in [1.82, 2.24) is 0 Å². The maximum atomic E-state index is 8.57. The number of rotatable bonds is 4. The van der Waals surface area contributed by atoms with Gasteiger partial charge >= 0.3 is 0 Å². The fraction of sp³-hybridized carbons (Fsp3) is 0.214. The fourth-order valence-electron chi connectivity index (χ4n) is 1.68. The van der Waals surface area contributed by atoms with Crippen LogP contribution in [0.25, 0.3) is 10.8 Å². The van der Waals surface area contributed by atoms with Gasteiger partial charge in [0, 0.05) is 11.8 Å². The van der Waals surface area contributed by atoms with Crippen LogP contribution in [0.5, 0.6) is 5.75 Å². The van der Waals surface area contributed by atoms with Crippen molar-refractivity contribution < 1.29 is 4.74 Å². The molecule has 0 aliphatic rings. The van der Waals surface area contributed by atoms with Crippen molar-refractivity contribution in [2.24, 2.45) is 5.73 Å². The summed E-state index contributed by atoms with van der Waals surface area (Å²) in [6, 6.07) is 15.5. The molecule has 0 heterocycles. The molecule has 0 bridgehead atoms. The molecule has 3 heteroatoms. The van der Waals surface area contributed by atoms with Crippen LogP contribution in [0.3, 0.4) is 0 Å². The zero-order valence-electron chi connectivity index (χ0n) is 9.47. The van der Waals surface area contributed by atoms with Crippen molar-refractivity contribution in [3.05, 3.63) is 42.5 Å². The highest BCUT2D eigenvalue weighted by molar-refractivity contribution is 5.88. The largest absolute Gasteiger partial charge is 0.493 e. The molecule has 0 saturated carbocycles. The van der Waals surface area contributed by atoms with Gasteiger partial charge in [0.1, 0.15) is 5.75 Å². The molecule has 2 N–H and O–H groups in total. The van der Waals surface area contributed by atoms with E-state index in [4.69, 9.17) is 15.7 Å². The quantitative estimate of drug-likeness (QED) is 0.871. The monoisotopic (exact) mass is 226 g/mol. The number of nitrogens with zero attached hydrogens (tertiary/aromatic N) is 1. The normalized spacial score (nSPS) is 12.0. The third-order valence-electron chi connectivity index (χ3n) is 2.60. The molecule has 17 heavy (non-hydrogen) atoms. The molecule has 0 aromatic heterocycles. The highest BCUT2D eigenvalue weighted by atomic mass is 16.5. The summed E-state index contributed by atoms with van der Waals surface area (Å²) >= 11 is 0. The van der Waals surface area contributed by atoms with Gasteiger partial charge in [0.15, 0.2) is 0 Å². The molecule has 1 unspecified atom stereocenters. The lowest BCUT2D eigenvalue weighted by molar-refractivity contribution is 0.309. The first-order valence-corrected chi connectivity index (χ1v) is 5.57. The maximum absolute atomic E-state index is 8.57. The summed E-state index contributed by atoms with van der Waals surface area (Å²) in [6.45, 7) is 0.461. The van der Waals surface area contributed by atoms with Crippen molar-refractivity contribution in [1.29, 1.82) is 5.26 Å². The number of hydrogen-bond acceptors (Lipinski definition) is 3. The topological polar surface area (TPSA) is 59.0 Å². The number of fused-ring (bicyclic) bond motifs is 1. The van der Waals surface area contributed by atoms with Gasteiger partial charge in [-0.05, 0) is 11.5 Å². The smallest absolute Gasteiger partial charge is 0.127 e. The van der Waals surface area contributed by atoms with E-state index in [1.165, 1.54) is 0 Å². The minimum absolute atomic E-state index is 0.454. The second-order valence-corrected chi connectivity index (χ2v) is 3.85. The van der Waals surface area contributed by atoms with Crippen LogP contribution < -0.4 is 10.5 Å². The molecule has 2 rings (SSSR count). The zero-order valence-corrected chi connectivity index (χ0v) is 9.47. The van der Waals surface area contributed by atoms with E-state index in [1.807, 2.05) is 48.5 Å². The lowest BCUT2D eigenvalue weighted by Crippen LogP contribution is -2.20. The van der Waals surface area contributed by atoms with Crippen LogP contribution in [0.4, 0.5) is 0 Å². The summed E-state index contributed by atoms with van der Waals surface area (Å²) < 4.78 is 5.66. The van der Waals surface area contributed by atoms with Crippen LogP contribution in [-0.2, 0) is 0 Å². The standard InChI is InChI=1S/C14H14N2O/c15-10-12(16)8-9-17-14-7-3-5-11-4-1-2-6-13(11)14/h1-7,12H,8-9,16H2. The number of benzene rings is 2. The molecule has 0 radical (unpaired) electrons. The molecule has 0 saturated heterocycles. The third kappa shape index (κ3) is 2.74. The van der Waals surface area contributed by atoms with E-state index in [2.05, 4.69) is 0 Å². The van der Waals surface area contributed by atoms with Crippen molar-refractivity contribution >= 4 is 10.8 Å². The average molecular weight is 226 g/mol. The molecule has 0 aliphatic carbocycles. The summed E-state index contributed by atoms with van der Waals surface area (Å²) in [7, 11) is 0. The van der Waals surface area contributed by atoms with E-state index >= 15 is 0 Å². The molecule has 0 aliphatic heterocycles. The van der Waals surface area contributed by atoms with Crippen molar-refractivity contribution in [2.45, 2.75) is 12.5 Å². The molecule has 86 valence electrons. The Morgan fingerprint density at radius 3 is 2.76 bits per heavy atom. The Balaban J connectivity index is 2.11. The highest BCUT2D eigenvalue weighted by Crippen LogP contribution is 2.25. The Kier molecular flexibility index (Phi) is 3.59. The minimum Gasteiger partial charge on any atom is -0.493 e. The van der Waals surface area contributed by atoms with Gasteiger partial charge in [-0.15, -0.1) is 0 Å². The van der Waals surface area contributed by atoms with Crippen molar-refractivity contribution in [3.63, 3.8) is 0 Å². The number of nitriles is 1. The van der Waals surface area contributed by atoms with Gasteiger partial charge in [-0.1, -0.05) is 36.4 Å². The average Bonchev–Trinajstić information content (AvgIpc) is 2.39. The van der Waals surface area contributed by atoms with Gasteiger partial charge in [0.05, 0.1) is 18.7 Å². The lowest BCUT2D eigenvalue weighted by atomic mass is 10.1. The number of ether oxygens (including phenoxy) is 1. The Hall–Kier alpha value is -2.05. The van der Waals surface area contributed by atoms with Gasteiger partial charge in [-0.2, -0.15) is 5.26 Å². The molecular formula is C14H14N2O. The number of nitrogens with two attached hydrogens (primary N) is 1. The Labute approximate surface area is 100 Å². The predicted molar refractivity (Wildman–Crippen MR) is 67.6 cm³/mol. The van der Waals surface area contributed by atoms with E-state index < -0.39 is 6.04 Å². The summed E-state index contributed by atoms with van der Waals surface area (Å²) in [5.74, 6) is 0.841. The first-order valence-electron chi connectivity index (χ1n) is 5.57.